The molecule has 112 valence electrons. The third-order valence-corrected chi connectivity index (χ3v) is 2.92. The summed E-state index contributed by atoms with van der Waals surface area (Å²) < 4.78 is 32.6. The molecule has 0 bridgehead atoms. The molecular weight excluding hydrogens is 274 g/mol. The van der Waals surface area contributed by atoms with Crippen LogP contribution in [0.2, 0.25) is 0 Å². The molecule has 0 aliphatic heterocycles. The number of benzene rings is 1. The molecular formula is C16H18F2N2O. The molecule has 0 fully saturated rings. The number of nitrogens with zero attached hydrogens (tertiary/aromatic N) is 1. The molecule has 0 saturated carbocycles. The number of pyridine rings is 1. The van der Waals surface area contributed by atoms with E-state index in [4.69, 9.17) is 4.74 Å². The van der Waals surface area contributed by atoms with Crippen molar-refractivity contribution in [2.24, 2.45) is 0 Å². The predicted octanol–water partition coefficient (Wildman–Crippen LogP) is 4.54. The zero-order valence-electron chi connectivity index (χ0n) is 12.1. The average Bonchev–Trinajstić information content (AvgIpc) is 2.46. The fourth-order valence-electron chi connectivity index (χ4n) is 1.94. The SMILES string of the molecule is CCCc1ccc(Oc2nc(NCC)c(F)cc2F)cc1. The lowest BCUT2D eigenvalue weighted by Gasteiger charge is -2.10. The molecule has 3 nitrogen and oxygen atoms in total. The second-order valence-electron chi connectivity index (χ2n) is 4.63. The second-order valence-corrected chi connectivity index (χ2v) is 4.63. The number of aryl methyl sites for hydroxylation is 1. The predicted molar refractivity (Wildman–Crippen MR) is 78.8 cm³/mol. The van der Waals surface area contributed by atoms with Crippen molar-refractivity contribution in [2.75, 3.05) is 11.9 Å². The fourth-order valence-corrected chi connectivity index (χ4v) is 1.94. The van der Waals surface area contributed by atoms with Crippen LogP contribution in [0.25, 0.3) is 0 Å². The van der Waals surface area contributed by atoms with Crippen molar-refractivity contribution in [3.05, 3.63) is 47.5 Å². The highest BCUT2D eigenvalue weighted by Crippen LogP contribution is 2.26. The van der Waals surface area contributed by atoms with Gasteiger partial charge in [0.2, 0.25) is 0 Å². The molecule has 0 unspecified atom stereocenters. The normalized spacial score (nSPS) is 10.5. The average molecular weight is 292 g/mol. The number of ether oxygens (including phenoxy) is 1. The minimum absolute atomic E-state index is 0.0171. The first-order valence-electron chi connectivity index (χ1n) is 7.00. The molecule has 5 heteroatoms. The van der Waals surface area contributed by atoms with Gasteiger partial charge in [0.25, 0.3) is 5.88 Å². The van der Waals surface area contributed by atoms with E-state index in [1.165, 1.54) is 5.56 Å². The monoisotopic (exact) mass is 292 g/mol. The van der Waals surface area contributed by atoms with Crippen molar-refractivity contribution in [3.8, 4) is 11.6 Å². The summed E-state index contributed by atoms with van der Waals surface area (Å²) in [6, 6.07) is 8.12. The van der Waals surface area contributed by atoms with Crippen LogP contribution in [0.15, 0.2) is 30.3 Å². The van der Waals surface area contributed by atoms with Crippen LogP contribution in [-0.4, -0.2) is 11.5 Å². The van der Waals surface area contributed by atoms with Crippen molar-refractivity contribution >= 4 is 5.82 Å². The zero-order valence-corrected chi connectivity index (χ0v) is 12.1. The summed E-state index contributed by atoms with van der Waals surface area (Å²) in [6.45, 7) is 4.39. The first kappa shape index (κ1) is 15.2. The molecule has 0 aliphatic carbocycles. The van der Waals surface area contributed by atoms with E-state index >= 15 is 0 Å². The van der Waals surface area contributed by atoms with Crippen LogP contribution in [-0.2, 0) is 6.42 Å². The summed E-state index contributed by atoms with van der Waals surface area (Å²) in [5, 5.41) is 2.72. The fraction of sp³-hybridized carbons (Fsp3) is 0.312. The largest absolute Gasteiger partial charge is 0.436 e. The Morgan fingerprint density at radius 2 is 1.81 bits per heavy atom. The molecule has 0 atom stereocenters. The molecule has 0 amide bonds. The van der Waals surface area contributed by atoms with Crippen molar-refractivity contribution in [1.82, 2.24) is 4.98 Å². The molecule has 0 spiro atoms. The van der Waals surface area contributed by atoms with Gasteiger partial charge in [0.1, 0.15) is 5.75 Å². The van der Waals surface area contributed by atoms with Gasteiger partial charge in [-0.05, 0) is 31.0 Å². The van der Waals surface area contributed by atoms with Crippen LogP contribution >= 0.6 is 0 Å². The van der Waals surface area contributed by atoms with E-state index in [2.05, 4.69) is 17.2 Å². The van der Waals surface area contributed by atoms with Gasteiger partial charge in [-0.25, -0.2) is 8.78 Å². The Bertz CT molecular complexity index is 600. The lowest BCUT2D eigenvalue weighted by Crippen LogP contribution is -2.04. The maximum Gasteiger partial charge on any atom is 0.258 e. The number of aromatic nitrogens is 1. The van der Waals surface area contributed by atoms with Crippen LogP contribution in [0, 0.1) is 11.6 Å². The standard InChI is InChI=1S/C16H18F2N2O/c1-3-5-11-6-8-12(9-7-11)21-16-14(18)10-13(17)15(20-16)19-4-2/h6-10H,3-5H2,1-2H3,(H,19,20). The highest BCUT2D eigenvalue weighted by Gasteiger charge is 2.13. The van der Waals surface area contributed by atoms with Crippen LogP contribution in [0.1, 0.15) is 25.8 Å². The molecule has 0 saturated heterocycles. The Morgan fingerprint density at radius 3 is 2.43 bits per heavy atom. The Kier molecular flexibility index (Phi) is 5.09. The van der Waals surface area contributed by atoms with Gasteiger partial charge >= 0.3 is 0 Å². The summed E-state index contributed by atoms with van der Waals surface area (Å²) in [5.74, 6) is -1.35. The molecule has 1 aromatic heterocycles. The van der Waals surface area contributed by atoms with Gasteiger partial charge in [-0.1, -0.05) is 25.5 Å². The third-order valence-electron chi connectivity index (χ3n) is 2.92. The van der Waals surface area contributed by atoms with E-state index in [9.17, 15) is 8.78 Å². The van der Waals surface area contributed by atoms with Gasteiger partial charge in [-0.2, -0.15) is 4.98 Å². The molecule has 0 radical (unpaired) electrons. The number of hydrogen-bond donors (Lipinski definition) is 1. The van der Waals surface area contributed by atoms with Crippen molar-refractivity contribution in [1.29, 1.82) is 0 Å². The number of hydrogen-bond acceptors (Lipinski definition) is 3. The third kappa shape index (κ3) is 3.90. The van der Waals surface area contributed by atoms with Gasteiger partial charge in [-0.3, -0.25) is 0 Å². The quantitative estimate of drug-likeness (QED) is 0.849. The zero-order chi connectivity index (χ0) is 15.2. The van der Waals surface area contributed by atoms with Crippen LogP contribution in [0.5, 0.6) is 11.6 Å². The molecule has 21 heavy (non-hydrogen) atoms. The van der Waals surface area contributed by atoms with Gasteiger partial charge < -0.3 is 10.1 Å². The smallest absolute Gasteiger partial charge is 0.258 e. The molecule has 2 rings (SSSR count). The van der Waals surface area contributed by atoms with E-state index in [-0.39, 0.29) is 11.7 Å². The summed E-state index contributed by atoms with van der Waals surface area (Å²) in [7, 11) is 0. The Labute approximate surface area is 123 Å². The van der Waals surface area contributed by atoms with E-state index in [0.29, 0.717) is 12.3 Å². The van der Waals surface area contributed by atoms with E-state index in [0.717, 1.165) is 18.9 Å². The molecule has 2 aromatic rings. The topological polar surface area (TPSA) is 34.1 Å². The lowest BCUT2D eigenvalue weighted by molar-refractivity contribution is 0.418. The number of nitrogens with one attached hydrogen (secondary N) is 1. The maximum absolute atomic E-state index is 13.7. The summed E-state index contributed by atoms with van der Waals surface area (Å²) in [6.07, 6.45) is 2.04. The summed E-state index contributed by atoms with van der Waals surface area (Å²) in [4.78, 5) is 3.83. The number of anilines is 1. The van der Waals surface area contributed by atoms with Crippen molar-refractivity contribution < 1.29 is 13.5 Å². The van der Waals surface area contributed by atoms with E-state index in [1.54, 1.807) is 19.1 Å². The highest BCUT2D eigenvalue weighted by atomic mass is 19.1. The lowest BCUT2D eigenvalue weighted by atomic mass is 10.1. The van der Waals surface area contributed by atoms with Crippen LogP contribution in [0.3, 0.4) is 0 Å². The Hall–Kier alpha value is -2.17. The minimum Gasteiger partial charge on any atom is -0.436 e. The van der Waals surface area contributed by atoms with E-state index in [1.807, 2.05) is 12.1 Å². The second kappa shape index (κ2) is 7.02. The highest BCUT2D eigenvalue weighted by molar-refractivity contribution is 5.41. The summed E-state index contributed by atoms with van der Waals surface area (Å²) >= 11 is 0. The van der Waals surface area contributed by atoms with E-state index < -0.39 is 11.6 Å². The van der Waals surface area contributed by atoms with Gasteiger partial charge in [0.05, 0.1) is 0 Å². The Balaban J connectivity index is 2.20. The minimum atomic E-state index is -0.827. The van der Waals surface area contributed by atoms with Gasteiger partial charge in [0.15, 0.2) is 17.5 Å². The Morgan fingerprint density at radius 1 is 1.10 bits per heavy atom. The van der Waals surface area contributed by atoms with Crippen molar-refractivity contribution in [3.63, 3.8) is 0 Å². The summed E-state index contributed by atoms with van der Waals surface area (Å²) in [5.41, 5.74) is 1.19. The van der Waals surface area contributed by atoms with Gasteiger partial charge in [-0.15, -0.1) is 0 Å². The molecule has 1 aromatic carbocycles. The van der Waals surface area contributed by atoms with Gasteiger partial charge in [0, 0.05) is 12.6 Å². The van der Waals surface area contributed by atoms with Crippen molar-refractivity contribution in [2.45, 2.75) is 26.7 Å². The first-order valence-corrected chi connectivity index (χ1v) is 7.00. The maximum atomic E-state index is 13.7. The molecule has 1 heterocycles. The number of rotatable bonds is 6. The van der Waals surface area contributed by atoms with Crippen LogP contribution < -0.4 is 10.1 Å². The first-order chi connectivity index (χ1) is 10.1. The molecule has 1 N–H and O–H groups in total. The number of halogens is 2. The molecule has 0 aliphatic rings. The van der Waals surface area contributed by atoms with Crippen LogP contribution in [0.4, 0.5) is 14.6 Å².